The number of hydrogen-bond acceptors (Lipinski definition) is 3. The number of ether oxygens (including phenoxy) is 1. The van der Waals surface area contributed by atoms with E-state index in [0.717, 1.165) is 11.3 Å². The van der Waals surface area contributed by atoms with E-state index in [4.69, 9.17) is 16.7 Å². The van der Waals surface area contributed by atoms with Crippen LogP contribution in [0.15, 0.2) is 30.6 Å². The van der Waals surface area contributed by atoms with Crippen molar-refractivity contribution >= 4 is 17.8 Å². The summed E-state index contributed by atoms with van der Waals surface area (Å²) >= 11 is 5.70. The number of pyridine rings is 1. The molecule has 5 nitrogen and oxygen atoms in total. The van der Waals surface area contributed by atoms with Gasteiger partial charge in [-0.15, -0.1) is 0 Å². The number of hydrogen-bond donors (Lipinski definition) is 1. The van der Waals surface area contributed by atoms with Crippen LogP contribution < -0.4 is 4.74 Å². The smallest absolute Gasteiger partial charge is 0.449 e. The molecule has 2 aromatic rings. The molecule has 0 spiro atoms. The molecule has 0 amide bonds. The molecule has 1 N–H and O–H groups in total. The van der Waals surface area contributed by atoms with Crippen LogP contribution in [0, 0.1) is 6.92 Å². The van der Waals surface area contributed by atoms with Crippen LogP contribution in [0.3, 0.4) is 0 Å². The number of carboxylic acid groups (broad SMARTS) is 1. The van der Waals surface area contributed by atoms with Gasteiger partial charge >= 0.3 is 6.16 Å². The molecule has 2 aromatic heterocycles. The van der Waals surface area contributed by atoms with Crippen LogP contribution in [-0.4, -0.2) is 20.8 Å². The van der Waals surface area contributed by atoms with Gasteiger partial charge in [0, 0.05) is 30.7 Å². The molecule has 0 bridgehead atoms. The first kappa shape index (κ1) is 12.4. The van der Waals surface area contributed by atoms with E-state index in [1.807, 2.05) is 17.6 Å². The molecule has 0 atom stereocenters. The van der Waals surface area contributed by atoms with Gasteiger partial charge in [-0.25, -0.2) is 9.78 Å². The fourth-order valence-electron chi connectivity index (χ4n) is 1.61. The van der Waals surface area contributed by atoms with E-state index in [1.54, 1.807) is 24.5 Å². The maximum absolute atomic E-state index is 10.4. The highest BCUT2D eigenvalue weighted by molar-refractivity contribution is 6.29. The summed E-state index contributed by atoms with van der Waals surface area (Å²) in [6, 6.07) is 5.24. The Hall–Kier alpha value is -2.01. The van der Waals surface area contributed by atoms with Crippen molar-refractivity contribution in [2.75, 3.05) is 0 Å². The molecule has 0 radical (unpaired) electrons. The van der Waals surface area contributed by atoms with Gasteiger partial charge in [-0.1, -0.05) is 17.7 Å². The lowest BCUT2D eigenvalue weighted by Crippen LogP contribution is -2.02. The van der Waals surface area contributed by atoms with E-state index in [2.05, 4.69) is 9.72 Å². The molecule has 0 saturated carbocycles. The summed E-state index contributed by atoms with van der Waals surface area (Å²) in [4.78, 5) is 14.4. The van der Waals surface area contributed by atoms with Crippen molar-refractivity contribution in [1.29, 1.82) is 0 Å². The number of carbonyl (C=O) groups is 1. The van der Waals surface area contributed by atoms with Gasteiger partial charge < -0.3 is 14.4 Å². The van der Waals surface area contributed by atoms with E-state index < -0.39 is 6.16 Å². The predicted octanol–water partition coefficient (Wildman–Crippen LogP) is 2.95. The normalized spacial score (nSPS) is 10.3. The summed E-state index contributed by atoms with van der Waals surface area (Å²) in [6.45, 7) is 2.46. The molecular formula is C12H11ClN2O3. The maximum Gasteiger partial charge on any atom is 0.511 e. The Balaban J connectivity index is 2.16. The van der Waals surface area contributed by atoms with Crippen LogP contribution in [0.5, 0.6) is 5.75 Å². The van der Waals surface area contributed by atoms with E-state index in [0.29, 0.717) is 17.4 Å². The van der Waals surface area contributed by atoms with Crippen LogP contribution in [0.2, 0.25) is 5.15 Å². The average molecular weight is 267 g/mol. The second-order valence-electron chi connectivity index (χ2n) is 3.80. The third kappa shape index (κ3) is 3.01. The molecule has 0 aliphatic heterocycles. The zero-order valence-electron chi connectivity index (χ0n) is 9.63. The largest absolute Gasteiger partial charge is 0.511 e. The van der Waals surface area contributed by atoms with Crippen molar-refractivity contribution < 1.29 is 14.6 Å². The molecule has 94 valence electrons. The van der Waals surface area contributed by atoms with Crippen LogP contribution in [-0.2, 0) is 6.54 Å². The standard InChI is InChI=1S/C12H11ClN2O3/c1-8-4-10(18-12(16)17)7-15(8)6-9-2-3-11(13)14-5-9/h2-5,7H,6H2,1H3,(H,16,17). The topological polar surface area (TPSA) is 64.3 Å². The Morgan fingerprint density at radius 1 is 1.56 bits per heavy atom. The summed E-state index contributed by atoms with van der Waals surface area (Å²) in [6.07, 6.45) is 2.00. The number of aryl methyl sites for hydroxylation is 1. The zero-order chi connectivity index (χ0) is 13.1. The minimum atomic E-state index is -1.32. The van der Waals surface area contributed by atoms with Crippen LogP contribution >= 0.6 is 11.6 Å². The van der Waals surface area contributed by atoms with E-state index in [9.17, 15) is 4.79 Å². The van der Waals surface area contributed by atoms with Crippen molar-refractivity contribution in [1.82, 2.24) is 9.55 Å². The third-order valence-electron chi connectivity index (χ3n) is 2.43. The maximum atomic E-state index is 10.4. The van der Waals surface area contributed by atoms with E-state index in [1.165, 1.54) is 0 Å². The molecule has 0 aliphatic carbocycles. The molecule has 0 unspecified atom stereocenters. The second kappa shape index (κ2) is 5.10. The van der Waals surface area contributed by atoms with Gasteiger partial charge in [0.15, 0.2) is 5.75 Å². The molecule has 0 aliphatic rings. The van der Waals surface area contributed by atoms with Gasteiger partial charge in [0.25, 0.3) is 0 Å². The fourth-order valence-corrected chi connectivity index (χ4v) is 1.72. The highest BCUT2D eigenvalue weighted by Crippen LogP contribution is 2.17. The Bertz CT molecular complexity index is 563. The molecule has 18 heavy (non-hydrogen) atoms. The van der Waals surface area contributed by atoms with Crippen LogP contribution in [0.25, 0.3) is 0 Å². The highest BCUT2D eigenvalue weighted by Gasteiger charge is 2.07. The molecule has 2 heterocycles. The second-order valence-corrected chi connectivity index (χ2v) is 4.19. The average Bonchev–Trinajstić information content (AvgIpc) is 2.61. The van der Waals surface area contributed by atoms with Crippen LogP contribution in [0.4, 0.5) is 4.79 Å². The summed E-state index contributed by atoms with van der Waals surface area (Å²) in [5.74, 6) is 0.307. The lowest BCUT2D eigenvalue weighted by Gasteiger charge is -2.05. The first-order valence-corrected chi connectivity index (χ1v) is 5.60. The first-order valence-electron chi connectivity index (χ1n) is 5.22. The molecule has 0 aromatic carbocycles. The lowest BCUT2D eigenvalue weighted by molar-refractivity contribution is 0.144. The molecule has 2 rings (SSSR count). The van der Waals surface area contributed by atoms with Crippen molar-refractivity contribution in [2.24, 2.45) is 0 Å². The number of aromatic nitrogens is 2. The molecular weight excluding hydrogens is 256 g/mol. The summed E-state index contributed by atoms with van der Waals surface area (Å²) in [7, 11) is 0. The number of rotatable bonds is 3. The number of halogens is 1. The SMILES string of the molecule is Cc1cc(OC(=O)O)cn1Cc1ccc(Cl)nc1. The minimum absolute atomic E-state index is 0.307. The Kier molecular flexibility index (Phi) is 3.53. The quantitative estimate of drug-likeness (QED) is 0.685. The van der Waals surface area contributed by atoms with Gasteiger partial charge in [-0.05, 0) is 18.6 Å². The van der Waals surface area contributed by atoms with Gasteiger partial charge in [0.2, 0.25) is 0 Å². The van der Waals surface area contributed by atoms with Crippen molar-refractivity contribution in [3.8, 4) is 5.75 Å². The van der Waals surface area contributed by atoms with Crippen molar-refractivity contribution in [2.45, 2.75) is 13.5 Å². The first-order chi connectivity index (χ1) is 8.54. The van der Waals surface area contributed by atoms with Gasteiger partial charge in [-0.3, -0.25) is 0 Å². The molecule has 0 fully saturated rings. The zero-order valence-corrected chi connectivity index (χ0v) is 10.4. The summed E-state index contributed by atoms with van der Waals surface area (Å²) in [5, 5.41) is 8.97. The molecule has 6 heteroatoms. The Morgan fingerprint density at radius 3 is 2.94 bits per heavy atom. The van der Waals surface area contributed by atoms with Crippen LogP contribution in [0.1, 0.15) is 11.3 Å². The predicted molar refractivity (Wildman–Crippen MR) is 66.2 cm³/mol. The van der Waals surface area contributed by atoms with Crippen molar-refractivity contribution in [3.05, 3.63) is 47.0 Å². The lowest BCUT2D eigenvalue weighted by atomic mass is 10.3. The van der Waals surface area contributed by atoms with E-state index >= 15 is 0 Å². The van der Waals surface area contributed by atoms with Crippen molar-refractivity contribution in [3.63, 3.8) is 0 Å². The Labute approximate surface area is 109 Å². The molecule has 0 saturated heterocycles. The third-order valence-corrected chi connectivity index (χ3v) is 2.66. The fraction of sp³-hybridized carbons (Fsp3) is 0.167. The summed E-state index contributed by atoms with van der Waals surface area (Å²) in [5.41, 5.74) is 1.88. The highest BCUT2D eigenvalue weighted by atomic mass is 35.5. The number of nitrogens with zero attached hydrogens (tertiary/aromatic N) is 2. The van der Waals surface area contributed by atoms with Gasteiger partial charge in [-0.2, -0.15) is 0 Å². The van der Waals surface area contributed by atoms with Gasteiger partial charge in [0.1, 0.15) is 5.15 Å². The van der Waals surface area contributed by atoms with Gasteiger partial charge in [0.05, 0.1) is 0 Å². The summed E-state index contributed by atoms with van der Waals surface area (Å²) < 4.78 is 6.47. The monoisotopic (exact) mass is 266 g/mol. The Morgan fingerprint density at radius 2 is 2.33 bits per heavy atom. The van der Waals surface area contributed by atoms with E-state index in [-0.39, 0.29) is 0 Å². The minimum Gasteiger partial charge on any atom is -0.449 e.